The van der Waals surface area contributed by atoms with Gasteiger partial charge in [0, 0.05) is 10.8 Å². The second-order valence-corrected chi connectivity index (χ2v) is 25.0. The summed E-state index contributed by atoms with van der Waals surface area (Å²) in [6.07, 6.45) is 0. The van der Waals surface area contributed by atoms with Gasteiger partial charge in [0.05, 0.1) is 0 Å². The summed E-state index contributed by atoms with van der Waals surface area (Å²) >= 11 is 0. The maximum absolute atomic E-state index is 7.51. The summed E-state index contributed by atoms with van der Waals surface area (Å²) in [5.41, 5.74) is 45.8. The van der Waals surface area contributed by atoms with Crippen molar-refractivity contribution in [3.05, 3.63) is 0 Å². The Morgan fingerprint density at radius 1 is 0.117 bits per heavy atom. The molecule has 0 saturated carbocycles. The predicted octanol–water partition coefficient (Wildman–Crippen LogP) is -34.9. The minimum Gasteiger partial charge on any atom is -0.457 e. The van der Waals surface area contributed by atoms with Crippen molar-refractivity contribution < 1.29 is 4.42 Å². The molecule has 0 aliphatic carbocycles. The monoisotopic (exact) mass is 957 g/mol. The van der Waals surface area contributed by atoms with Crippen LogP contribution in [0.1, 0.15) is 0 Å². The van der Waals surface area contributed by atoms with Crippen LogP contribution < -0.4 is 153 Å². The van der Waals surface area contributed by atoms with Crippen LogP contribution in [-0.4, -0.2) is 220 Å². The van der Waals surface area contributed by atoms with E-state index in [0.717, 1.165) is 11.2 Å². The van der Waals surface area contributed by atoms with E-state index in [1.807, 2.05) is 0 Å². The highest BCUT2D eigenvalue weighted by atomic mass is 16.3. The molecule has 0 radical (unpaired) electrons. The van der Waals surface area contributed by atoms with Gasteiger partial charge in [0.1, 0.15) is 231 Å². The van der Waals surface area contributed by atoms with E-state index in [1.165, 1.54) is 251 Å². The van der Waals surface area contributed by atoms with Gasteiger partial charge in [0.25, 0.3) is 0 Å². The van der Waals surface area contributed by atoms with Crippen LogP contribution in [0.3, 0.4) is 0 Å². The molecule has 0 fully saturated rings. The van der Waals surface area contributed by atoms with Crippen LogP contribution in [0.4, 0.5) is 0 Å². The second-order valence-electron chi connectivity index (χ2n) is 25.0. The van der Waals surface area contributed by atoms with Crippen molar-refractivity contribution >= 4 is 459 Å². The zero-order valence-electron chi connectivity index (χ0n) is 52.4. The van der Waals surface area contributed by atoms with Crippen molar-refractivity contribution in [2.45, 2.75) is 0 Å². The van der Waals surface area contributed by atoms with Crippen LogP contribution in [0.5, 0.6) is 0 Å². The molecule has 11 rings (SSSR count). The smallest absolute Gasteiger partial charge is 0.145 e. The van der Waals surface area contributed by atoms with Crippen LogP contribution in [0.2, 0.25) is 0 Å². The zero-order valence-corrected chi connectivity index (χ0v) is 52.4. The number of furan rings is 1. The van der Waals surface area contributed by atoms with E-state index in [1.54, 1.807) is 0 Å². The van der Waals surface area contributed by atoms with E-state index in [-0.39, 0.29) is 0 Å². The van der Waals surface area contributed by atoms with Crippen LogP contribution in [0.15, 0.2) is 4.42 Å². The standard InChI is InChI=1S/C48H56B28O/c49-19-4(12-9(25(55)39(69)41(71)28(12)58)3-11-15(30(60)29(59)14(3)19)31(61)42(72)40(70)27(11)57)1-5-7(23(53)37(67)35(65)21(5)51)2(8-6(1)22(52)36(66)38(68)24(8)54)10-13-18-20(50)16-17(33(63)44(74)43(73)32(16)62)34(64)48(18)77-47(13)46(76)45(75)26(10)56/h49-76H2. The largest absolute Gasteiger partial charge is 0.457 e. The molecule has 1 nitrogen and oxygen atoms in total. The van der Waals surface area contributed by atoms with Gasteiger partial charge in [-0.1, -0.05) is 92.9 Å². The quantitative estimate of drug-likeness (QED) is 0.0956. The van der Waals surface area contributed by atoms with Gasteiger partial charge in [-0.3, -0.25) is 0 Å². The Morgan fingerprint density at radius 3 is 0.701 bits per heavy atom. The Morgan fingerprint density at radius 2 is 0.338 bits per heavy atom. The van der Waals surface area contributed by atoms with Gasteiger partial charge in [-0.2, -0.15) is 0 Å². The van der Waals surface area contributed by atoms with Gasteiger partial charge >= 0.3 is 0 Å². The van der Waals surface area contributed by atoms with Crippen molar-refractivity contribution in [1.82, 2.24) is 0 Å². The Labute approximate surface area is 482 Å². The number of benzene rings is 10. The maximum Gasteiger partial charge on any atom is 0.145 e. The third-order valence-electron chi connectivity index (χ3n) is 22.5. The summed E-state index contributed by atoms with van der Waals surface area (Å²) in [7, 11) is 66.8. The SMILES string of the molecule is Bc1c(B)c(-c2c3c(B)c(B)c(B)c(B)c3c(-c3c(B)c4c(B)c(B)c5c(B)c(B)c(B)c(B)c5c4c4c(B)c(B)c(B)c(B)c34)c3c(B)c(B)c(B)c(B)c23)c2c(oc3c(B)c4c(B)c(B)c(B)c(B)c4c(B)c32)c1B. The minimum absolute atomic E-state index is 1.02. The van der Waals surface area contributed by atoms with Crippen molar-refractivity contribution in [2.24, 2.45) is 0 Å². The molecule has 338 valence electrons. The van der Waals surface area contributed by atoms with Gasteiger partial charge in [0.15, 0.2) is 0 Å². The molecule has 0 aliphatic heterocycles. The molecule has 1 heterocycles. The maximum atomic E-state index is 7.51. The highest BCUT2D eigenvalue weighted by Crippen LogP contribution is 2.45. The van der Waals surface area contributed by atoms with E-state index < -0.39 is 0 Å². The highest BCUT2D eigenvalue weighted by Gasteiger charge is 2.33. The normalized spacial score (nSPS) is 12.1. The lowest BCUT2D eigenvalue weighted by atomic mass is 9.56. The fourth-order valence-electron chi connectivity index (χ4n) is 15.9. The Balaban J connectivity index is 1.52. The first-order valence-corrected chi connectivity index (χ1v) is 28.7. The zero-order chi connectivity index (χ0) is 56.4. The van der Waals surface area contributed by atoms with Crippen molar-refractivity contribution in [1.29, 1.82) is 0 Å². The topological polar surface area (TPSA) is 13.1 Å². The van der Waals surface area contributed by atoms with Gasteiger partial charge in [-0.15, -0.1) is 54.6 Å². The average Bonchev–Trinajstić information content (AvgIpc) is 3.83. The molecule has 0 aliphatic rings. The Hall–Kier alpha value is -4.62. The third-order valence-corrected chi connectivity index (χ3v) is 22.5. The first-order chi connectivity index (χ1) is 36.0. The number of fused-ring (bicyclic) bond motifs is 11. The van der Waals surface area contributed by atoms with Crippen LogP contribution in [-0.2, 0) is 0 Å². The molecular formula is C48H56B28O. The van der Waals surface area contributed by atoms with Crippen LogP contribution in [0.25, 0.3) is 109 Å². The third kappa shape index (κ3) is 6.65. The van der Waals surface area contributed by atoms with Crippen molar-refractivity contribution in [2.75, 3.05) is 0 Å². The lowest BCUT2D eigenvalue weighted by Gasteiger charge is -2.32. The van der Waals surface area contributed by atoms with Gasteiger partial charge in [-0.25, -0.2) is 0 Å². The Bertz CT molecular complexity index is 4690. The molecule has 11 aromatic rings. The van der Waals surface area contributed by atoms with Gasteiger partial charge in [0.2, 0.25) is 0 Å². The summed E-state index contributed by atoms with van der Waals surface area (Å²) in [4.78, 5) is 0. The number of hydrogen-bond acceptors (Lipinski definition) is 1. The van der Waals surface area contributed by atoms with E-state index in [9.17, 15) is 0 Å². The summed E-state index contributed by atoms with van der Waals surface area (Å²) in [5.74, 6) is 0. The molecule has 0 atom stereocenters. The number of hydrogen-bond donors (Lipinski definition) is 0. The van der Waals surface area contributed by atoms with Crippen molar-refractivity contribution in [3.63, 3.8) is 0 Å². The lowest BCUT2D eigenvalue weighted by Crippen LogP contribution is -2.51. The Kier molecular flexibility index (Phi) is 12.7. The summed E-state index contributed by atoms with van der Waals surface area (Å²) in [6.45, 7) is 0. The van der Waals surface area contributed by atoms with Crippen molar-refractivity contribution in [3.8, 4) is 22.3 Å². The first-order valence-electron chi connectivity index (χ1n) is 28.7. The molecule has 77 heavy (non-hydrogen) atoms. The molecule has 1 aromatic heterocycles. The van der Waals surface area contributed by atoms with E-state index in [4.69, 9.17) is 4.42 Å². The van der Waals surface area contributed by atoms with E-state index in [0.29, 0.717) is 0 Å². The summed E-state index contributed by atoms with van der Waals surface area (Å²) in [6, 6.07) is 0. The second kappa shape index (κ2) is 17.9. The molecule has 0 N–H and O–H groups in total. The predicted molar refractivity (Wildman–Crippen MR) is 439 cm³/mol. The number of rotatable bonds is 2. The fourth-order valence-corrected chi connectivity index (χ4v) is 15.9. The molecule has 29 heteroatoms. The summed E-state index contributed by atoms with van der Waals surface area (Å²) < 4.78 is 7.51. The van der Waals surface area contributed by atoms with E-state index in [2.05, 4.69) is 220 Å². The van der Waals surface area contributed by atoms with Gasteiger partial charge < -0.3 is 4.42 Å². The fraction of sp³-hybridized carbons (Fsp3) is 0. The molecule has 0 spiro atoms. The molecule has 0 amide bonds. The van der Waals surface area contributed by atoms with Crippen LogP contribution >= 0.6 is 0 Å². The first kappa shape index (κ1) is 54.3. The highest BCUT2D eigenvalue weighted by molar-refractivity contribution is 6.79. The molecule has 10 aromatic carbocycles. The lowest BCUT2D eigenvalue weighted by molar-refractivity contribution is 0.675. The van der Waals surface area contributed by atoms with E-state index >= 15 is 0 Å². The van der Waals surface area contributed by atoms with Gasteiger partial charge in [-0.05, 0) is 92.4 Å². The summed E-state index contributed by atoms with van der Waals surface area (Å²) in [5, 5.41) is 19.4. The molecule has 0 unspecified atom stereocenters. The molecular weight excluding hydrogens is 895 g/mol. The molecule has 0 saturated heterocycles. The molecule has 0 bridgehead atoms. The van der Waals surface area contributed by atoms with Crippen LogP contribution in [0, 0.1) is 0 Å². The average molecular weight is 952 g/mol. The minimum atomic E-state index is 1.02.